The van der Waals surface area contributed by atoms with Crippen LogP contribution in [0.3, 0.4) is 0 Å². The van der Waals surface area contributed by atoms with Crippen molar-refractivity contribution >= 4 is 15.4 Å². The Balaban J connectivity index is 2.87. The number of benzene rings is 1. The second-order valence-electron chi connectivity index (χ2n) is 4.33. The first-order valence-corrected chi connectivity index (χ1v) is 6.90. The molecule has 1 nitrogen and oxygen atoms in total. The van der Waals surface area contributed by atoms with E-state index in [9.17, 15) is 0 Å². The van der Waals surface area contributed by atoms with Gasteiger partial charge in [0.15, 0.2) is 0 Å². The zero-order valence-electron chi connectivity index (χ0n) is 10.3. The highest BCUT2D eigenvalue weighted by molar-refractivity contribution is 6.34. The molecule has 1 aromatic carbocycles. The molecule has 1 rings (SSSR count). The molecule has 0 unspecified atom stereocenters. The molecule has 0 aromatic heterocycles. The van der Waals surface area contributed by atoms with Gasteiger partial charge in [-0.1, -0.05) is 31.5 Å². The molecule has 0 fully saturated rings. The van der Waals surface area contributed by atoms with Gasteiger partial charge in [-0.2, -0.15) is 0 Å². The van der Waals surface area contributed by atoms with Crippen LogP contribution in [0.15, 0.2) is 18.2 Å². The van der Waals surface area contributed by atoms with Crippen LogP contribution in [0, 0.1) is 0 Å². The smallest absolute Gasteiger partial charge is 0.121 e. The number of aryl methyl sites for hydroxylation is 1. The van der Waals surface area contributed by atoms with Gasteiger partial charge in [0.25, 0.3) is 0 Å². The normalized spacial score (nSPS) is 10.9. The molecule has 0 spiro atoms. The summed E-state index contributed by atoms with van der Waals surface area (Å²) in [7, 11) is 1.06. The Bertz CT molecular complexity index is 307. The van der Waals surface area contributed by atoms with Crippen molar-refractivity contribution in [3.8, 4) is 5.75 Å². The summed E-state index contributed by atoms with van der Waals surface area (Å²) in [5.41, 5.74) is 1.39. The number of unbranched alkanes of at least 4 members (excludes halogenated alkanes) is 1. The van der Waals surface area contributed by atoms with E-state index in [4.69, 9.17) is 4.74 Å². The van der Waals surface area contributed by atoms with Crippen LogP contribution in [0.25, 0.3) is 0 Å². The highest BCUT2D eigenvalue weighted by Gasteiger charge is 2.07. The lowest BCUT2D eigenvalue weighted by molar-refractivity contribution is 0.242. The van der Waals surface area contributed by atoms with Gasteiger partial charge in [-0.25, -0.2) is 0 Å². The molecule has 0 aliphatic heterocycles. The van der Waals surface area contributed by atoms with E-state index in [-0.39, 0.29) is 6.10 Å². The molecule has 84 valence electrons. The van der Waals surface area contributed by atoms with Crippen LogP contribution < -0.4 is 9.92 Å². The maximum absolute atomic E-state index is 5.91. The molecule has 0 aliphatic rings. The Morgan fingerprint density at radius 3 is 2.67 bits per heavy atom. The average Bonchev–Trinajstić information content (AvgIpc) is 2.18. The number of hydrogen-bond acceptors (Lipinski definition) is 1. The van der Waals surface area contributed by atoms with Gasteiger partial charge in [0.2, 0.25) is 0 Å². The molecule has 0 atom stereocenters. The fourth-order valence-electron chi connectivity index (χ4n) is 1.68. The molecule has 0 saturated heterocycles. The van der Waals surface area contributed by atoms with Crippen molar-refractivity contribution in [2.45, 2.75) is 46.1 Å². The number of rotatable bonds is 5. The second kappa shape index (κ2) is 5.96. The predicted molar refractivity (Wildman–Crippen MR) is 70.4 cm³/mol. The molecule has 15 heavy (non-hydrogen) atoms. The molecular weight excluding hydrogens is 200 g/mol. The Morgan fingerprint density at radius 2 is 2.07 bits per heavy atom. The van der Waals surface area contributed by atoms with Crippen molar-refractivity contribution in [1.29, 1.82) is 0 Å². The van der Waals surface area contributed by atoms with E-state index in [2.05, 4.69) is 39.0 Å². The molecule has 0 radical (unpaired) electrons. The van der Waals surface area contributed by atoms with Gasteiger partial charge in [-0.05, 0) is 37.4 Å². The first kappa shape index (κ1) is 12.3. The highest BCUT2D eigenvalue weighted by Crippen LogP contribution is 2.18. The first-order chi connectivity index (χ1) is 7.15. The van der Waals surface area contributed by atoms with Crippen LogP contribution in [0.5, 0.6) is 5.75 Å². The zero-order chi connectivity index (χ0) is 11.3. The standard InChI is InChI=1S/C13H22OSi/c1-4-5-7-11-8-6-9-12(15)13(11)14-10(2)3/h6,8-10H,4-5,7H2,1-3,15H3. The van der Waals surface area contributed by atoms with Crippen LogP contribution >= 0.6 is 0 Å². The van der Waals surface area contributed by atoms with Gasteiger partial charge in [-0.15, -0.1) is 0 Å². The Hall–Kier alpha value is -0.763. The fourth-order valence-corrected chi connectivity index (χ4v) is 2.31. The molecule has 0 N–H and O–H groups in total. The summed E-state index contributed by atoms with van der Waals surface area (Å²) in [6.07, 6.45) is 3.92. The lowest BCUT2D eigenvalue weighted by Gasteiger charge is -2.16. The minimum atomic E-state index is 0.278. The summed E-state index contributed by atoms with van der Waals surface area (Å²) in [6.45, 7) is 6.42. The third-order valence-corrected chi connectivity index (χ3v) is 3.23. The third-order valence-electron chi connectivity index (χ3n) is 2.45. The summed E-state index contributed by atoms with van der Waals surface area (Å²) in [4.78, 5) is 0. The van der Waals surface area contributed by atoms with Crippen LogP contribution in [0.4, 0.5) is 0 Å². The number of para-hydroxylation sites is 1. The molecule has 0 heterocycles. The van der Waals surface area contributed by atoms with Gasteiger partial charge in [0.1, 0.15) is 5.75 Å². The lowest BCUT2D eigenvalue weighted by Crippen LogP contribution is -2.16. The molecule has 0 aliphatic carbocycles. The molecule has 0 bridgehead atoms. The fraction of sp³-hybridized carbons (Fsp3) is 0.538. The van der Waals surface area contributed by atoms with Crippen LogP contribution in [0.1, 0.15) is 39.2 Å². The van der Waals surface area contributed by atoms with Crippen molar-refractivity contribution in [1.82, 2.24) is 0 Å². The maximum Gasteiger partial charge on any atom is 0.121 e. The minimum Gasteiger partial charge on any atom is -0.491 e. The summed E-state index contributed by atoms with van der Waals surface area (Å²) in [6, 6.07) is 6.54. The van der Waals surface area contributed by atoms with Crippen molar-refractivity contribution in [2.75, 3.05) is 0 Å². The monoisotopic (exact) mass is 222 g/mol. The molecule has 0 saturated carbocycles. The van der Waals surface area contributed by atoms with Crippen molar-refractivity contribution in [3.63, 3.8) is 0 Å². The van der Waals surface area contributed by atoms with Crippen molar-refractivity contribution < 1.29 is 4.74 Å². The Morgan fingerprint density at radius 1 is 1.33 bits per heavy atom. The van der Waals surface area contributed by atoms with E-state index in [0.717, 1.165) is 22.4 Å². The van der Waals surface area contributed by atoms with Crippen molar-refractivity contribution in [3.05, 3.63) is 23.8 Å². The summed E-state index contributed by atoms with van der Waals surface area (Å²) >= 11 is 0. The predicted octanol–water partition coefficient (Wildman–Crippen LogP) is 1.81. The lowest BCUT2D eigenvalue weighted by atomic mass is 10.1. The van der Waals surface area contributed by atoms with E-state index in [1.54, 1.807) is 0 Å². The van der Waals surface area contributed by atoms with Gasteiger partial charge < -0.3 is 4.74 Å². The topological polar surface area (TPSA) is 9.23 Å². The molecule has 0 amide bonds. The minimum absolute atomic E-state index is 0.278. The summed E-state index contributed by atoms with van der Waals surface area (Å²) < 4.78 is 5.91. The quantitative estimate of drug-likeness (QED) is 0.691. The third kappa shape index (κ3) is 3.71. The van der Waals surface area contributed by atoms with E-state index >= 15 is 0 Å². The Labute approximate surface area is 96.3 Å². The van der Waals surface area contributed by atoms with E-state index in [1.807, 2.05) is 0 Å². The van der Waals surface area contributed by atoms with Crippen molar-refractivity contribution in [2.24, 2.45) is 0 Å². The number of hydrogen-bond donors (Lipinski definition) is 0. The zero-order valence-corrected chi connectivity index (χ0v) is 12.3. The van der Waals surface area contributed by atoms with Crippen LogP contribution in [-0.4, -0.2) is 16.3 Å². The van der Waals surface area contributed by atoms with E-state index in [1.165, 1.54) is 23.6 Å². The van der Waals surface area contributed by atoms with Crippen LogP contribution in [-0.2, 0) is 6.42 Å². The van der Waals surface area contributed by atoms with Crippen LogP contribution in [0.2, 0.25) is 0 Å². The summed E-state index contributed by atoms with van der Waals surface area (Å²) in [5.74, 6) is 1.16. The van der Waals surface area contributed by atoms with E-state index < -0.39 is 0 Å². The largest absolute Gasteiger partial charge is 0.491 e. The summed E-state index contributed by atoms with van der Waals surface area (Å²) in [5, 5.41) is 1.39. The molecule has 1 aromatic rings. The Kier molecular flexibility index (Phi) is 4.89. The molecule has 2 heteroatoms. The SMILES string of the molecule is CCCCc1cccc([SiH3])c1OC(C)C. The van der Waals surface area contributed by atoms with E-state index in [0.29, 0.717) is 0 Å². The first-order valence-electron chi connectivity index (χ1n) is 5.90. The van der Waals surface area contributed by atoms with Gasteiger partial charge in [-0.3, -0.25) is 0 Å². The maximum atomic E-state index is 5.91. The molecular formula is C13H22OSi. The highest BCUT2D eigenvalue weighted by atomic mass is 28.1. The number of ether oxygens (including phenoxy) is 1. The average molecular weight is 222 g/mol. The van der Waals surface area contributed by atoms with Gasteiger partial charge >= 0.3 is 0 Å². The van der Waals surface area contributed by atoms with Gasteiger partial charge in [0, 0.05) is 10.2 Å². The van der Waals surface area contributed by atoms with Gasteiger partial charge in [0.05, 0.1) is 6.10 Å². The second-order valence-corrected chi connectivity index (χ2v) is 5.41.